The van der Waals surface area contributed by atoms with Gasteiger partial charge >= 0.3 is 0 Å². The van der Waals surface area contributed by atoms with Gasteiger partial charge in [-0.1, -0.05) is 0 Å². The molecule has 2 rings (SSSR count). The van der Waals surface area contributed by atoms with Crippen LogP contribution in [-0.2, 0) is 4.74 Å². The third kappa shape index (κ3) is 3.44. The van der Waals surface area contributed by atoms with Gasteiger partial charge in [-0.05, 0) is 46.6 Å². The van der Waals surface area contributed by atoms with E-state index in [1.165, 1.54) is 25.8 Å². The molecule has 3 heteroatoms. The molecule has 2 fully saturated rings. The zero-order valence-corrected chi connectivity index (χ0v) is 11.0. The Hall–Kier alpha value is -0.120. The van der Waals surface area contributed by atoms with Gasteiger partial charge in [-0.25, -0.2) is 0 Å². The van der Waals surface area contributed by atoms with Crippen molar-refractivity contribution in [2.45, 2.75) is 57.7 Å². The van der Waals surface area contributed by atoms with E-state index in [1.54, 1.807) is 0 Å². The Balaban J connectivity index is 1.88. The van der Waals surface area contributed by atoms with Gasteiger partial charge in [0.05, 0.1) is 6.10 Å². The lowest BCUT2D eigenvalue weighted by Gasteiger charge is -2.32. The van der Waals surface area contributed by atoms with E-state index in [4.69, 9.17) is 4.74 Å². The maximum Gasteiger partial charge on any atom is 0.0702 e. The van der Waals surface area contributed by atoms with Crippen LogP contribution in [0, 0.1) is 0 Å². The number of nitrogens with zero attached hydrogens (tertiary/aromatic N) is 1. The summed E-state index contributed by atoms with van der Waals surface area (Å²) in [6, 6.07) is 0.629. The van der Waals surface area contributed by atoms with Crippen molar-refractivity contribution in [2.24, 2.45) is 0 Å². The van der Waals surface area contributed by atoms with Gasteiger partial charge in [-0.3, -0.25) is 4.90 Å². The highest BCUT2D eigenvalue weighted by Gasteiger charge is 2.29. The standard InChI is InChI=1S/C13H26N2O/c1-11-6-7-15(10-13(2,3)14-11)9-12-5-4-8-16-12/h11-12,14H,4-10H2,1-3H3. The molecule has 0 amide bonds. The molecule has 94 valence electrons. The lowest BCUT2D eigenvalue weighted by Crippen LogP contribution is -2.49. The molecule has 2 atom stereocenters. The smallest absolute Gasteiger partial charge is 0.0702 e. The van der Waals surface area contributed by atoms with E-state index >= 15 is 0 Å². The van der Waals surface area contributed by atoms with Crippen molar-refractivity contribution in [1.82, 2.24) is 10.2 Å². The van der Waals surface area contributed by atoms with Crippen LogP contribution in [0.1, 0.15) is 40.0 Å². The van der Waals surface area contributed by atoms with Crippen LogP contribution in [0.2, 0.25) is 0 Å². The quantitative estimate of drug-likeness (QED) is 0.774. The van der Waals surface area contributed by atoms with E-state index in [1.807, 2.05) is 0 Å². The topological polar surface area (TPSA) is 24.5 Å². The van der Waals surface area contributed by atoms with Gasteiger partial charge in [0, 0.05) is 31.3 Å². The third-order valence-corrected chi connectivity index (χ3v) is 3.62. The molecule has 2 unspecified atom stereocenters. The molecule has 0 aromatic carbocycles. The highest BCUT2D eigenvalue weighted by molar-refractivity contribution is 4.89. The fourth-order valence-corrected chi connectivity index (χ4v) is 3.03. The Morgan fingerprint density at radius 2 is 2.19 bits per heavy atom. The van der Waals surface area contributed by atoms with Gasteiger partial charge in [0.2, 0.25) is 0 Å². The number of rotatable bonds is 2. The maximum absolute atomic E-state index is 5.73. The molecular formula is C13H26N2O. The fourth-order valence-electron chi connectivity index (χ4n) is 3.03. The van der Waals surface area contributed by atoms with E-state index in [0.717, 1.165) is 19.7 Å². The third-order valence-electron chi connectivity index (χ3n) is 3.62. The number of hydrogen-bond acceptors (Lipinski definition) is 3. The number of ether oxygens (including phenoxy) is 1. The van der Waals surface area contributed by atoms with Gasteiger partial charge in [0.25, 0.3) is 0 Å². The lowest BCUT2D eigenvalue weighted by atomic mass is 10.0. The Bertz CT molecular complexity index is 224. The van der Waals surface area contributed by atoms with Crippen LogP contribution in [-0.4, -0.2) is 48.8 Å². The number of nitrogens with one attached hydrogen (secondary N) is 1. The van der Waals surface area contributed by atoms with Crippen molar-refractivity contribution in [1.29, 1.82) is 0 Å². The van der Waals surface area contributed by atoms with E-state index < -0.39 is 0 Å². The molecule has 2 heterocycles. The van der Waals surface area contributed by atoms with Gasteiger partial charge in [0.15, 0.2) is 0 Å². The van der Waals surface area contributed by atoms with Crippen molar-refractivity contribution >= 4 is 0 Å². The zero-order chi connectivity index (χ0) is 11.6. The molecule has 16 heavy (non-hydrogen) atoms. The van der Waals surface area contributed by atoms with Crippen molar-refractivity contribution in [2.75, 3.05) is 26.2 Å². The Labute approximate surface area is 99.5 Å². The minimum absolute atomic E-state index is 0.231. The summed E-state index contributed by atoms with van der Waals surface area (Å²) in [5, 5.41) is 3.69. The van der Waals surface area contributed by atoms with Crippen LogP contribution in [0.3, 0.4) is 0 Å². The molecule has 1 N–H and O–H groups in total. The average molecular weight is 226 g/mol. The molecule has 0 aromatic rings. The van der Waals surface area contributed by atoms with Gasteiger partial charge in [-0.15, -0.1) is 0 Å². The second kappa shape index (κ2) is 5.03. The second-order valence-electron chi connectivity index (χ2n) is 6.09. The summed E-state index contributed by atoms with van der Waals surface area (Å²) in [4.78, 5) is 2.58. The van der Waals surface area contributed by atoms with E-state index in [-0.39, 0.29) is 5.54 Å². The Morgan fingerprint density at radius 3 is 2.88 bits per heavy atom. The van der Waals surface area contributed by atoms with Gasteiger partial charge < -0.3 is 10.1 Å². The summed E-state index contributed by atoms with van der Waals surface area (Å²) < 4.78 is 5.73. The summed E-state index contributed by atoms with van der Waals surface area (Å²) in [5.41, 5.74) is 0.231. The maximum atomic E-state index is 5.73. The summed E-state index contributed by atoms with van der Waals surface area (Å²) in [7, 11) is 0. The Morgan fingerprint density at radius 1 is 1.38 bits per heavy atom. The molecule has 3 nitrogen and oxygen atoms in total. The van der Waals surface area contributed by atoms with Gasteiger partial charge in [0.1, 0.15) is 0 Å². The fraction of sp³-hybridized carbons (Fsp3) is 1.00. The molecule has 0 saturated carbocycles. The first-order valence-corrected chi connectivity index (χ1v) is 6.67. The second-order valence-corrected chi connectivity index (χ2v) is 6.09. The molecule has 2 aliphatic heterocycles. The predicted octanol–water partition coefficient (Wildman–Crippen LogP) is 1.63. The molecule has 0 bridgehead atoms. The zero-order valence-electron chi connectivity index (χ0n) is 11.0. The SMILES string of the molecule is CC1CCN(CC2CCCO2)CC(C)(C)N1. The van der Waals surface area contributed by atoms with E-state index in [0.29, 0.717) is 12.1 Å². The van der Waals surface area contributed by atoms with Crippen molar-refractivity contribution < 1.29 is 4.74 Å². The lowest BCUT2D eigenvalue weighted by molar-refractivity contribution is 0.0688. The number of hydrogen-bond donors (Lipinski definition) is 1. The predicted molar refractivity (Wildman–Crippen MR) is 66.7 cm³/mol. The summed E-state index contributed by atoms with van der Waals surface area (Å²) in [5.74, 6) is 0. The highest BCUT2D eigenvalue weighted by Crippen LogP contribution is 2.18. The minimum atomic E-state index is 0.231. The monoisotopic (exact) mass is 226 g/mol. The van der Waals surface area contributed by atoms with Crippen LogP contribution < -0.4 is 5.32 Å². The molecule has 0 aliphatic carbocycles. The van der Waals surface area contributed by atoms with Crippen LogP contribution >= 0.6 is 0 Å². The normalized spacial score (nSPS) is 36.2. The molecule has 2 saturated heterocycles. The summed E-state index contributed by atoms with van der Waals surface area (Å²) in [6.45, 7) is 11.3. The Kier molecular flexibility index (Phi) is 3.88. The largest absolute Gasteiger partial charge is 0.377 e. The average Bonchev–Trinajstić information content (AvgIpc) is 2.60. The van der Waals surface area contributed by atoms with Crippen molar-refractivity contribution in [3.05, 3.63) is 0 Å². The van der Waals surface area contributed by atoms with E-state index in [9.17, 15) is 0 Å². The molecule has 0 spiro atoms. The summed E-state index contributed by atoms with van der Waals surface area (Å²) in [6.07, 6.45) is 4.23. The van der Waals surface area contributed by atoms with Crippen LogP contribution in [0.15, 0.2) is 0 Å². The van der Waals surface area contributed by atoms with Crippen molar-refractivity contribution in [3.8, 4) is 0 Å². The first-order chi connectivity index (χ1) is 7.55. The molecule has 0 radical (unpaired) electrons. The molecule has 2 aliphatic rings. The van der Waals surface area contributed by atoms with Crippen LogP contribution in [0.25, 0.3) is 0 Å². The summed E-state index contributed by atoms with van der Waals surface area (Å²) >= 11 is 0. The molecule has 0 aromatic heterocycles. The first-order valence-electron chi connectivity index (χ1n) is 6.67. The van der Waals surface area contributed by atoms with Gasteiger partial charge in [-0.2, -0.15) is 0 Å². The first kappa shape index (κ1) is 12.3. The van der Waals surface area contributed by atoms with Crippen molar-refractivity contribution in [3.63, 3.8) is 0 Å². The highest BCUT2D eigenvalue weighted by atomic mass is 16.5. The van der Waals surface area contributed by atoms with Crippen LogP contribution in [0.5, 0.6) is 0 Å². The molecular weight excluding hydrogens is 200 g/mol. The van der Waals surface area contributed by atoms with E-state index in [2.05, 4.69) is 31.0 Å². The van der Waals surface area contributed by atoms with Crippen LogP contribution in [0.4, 0.5) is 0 Å². The minimum Gasteiger partial charge on any atom is -0.377 e.